The maximum Gasteiger partial charge on any atom is 0.306 e. The van der Waals surface area contributed by atoms with Gasteiger partial charge >= 0.3 is 17.9 Å². The molecule has 0 aromatic heterocycles. The van der Waals surface area contributed by atoms with Crippen molar-refractivity contribution in [1.82, 2.24) is 0 Å². The van der Waals surface area contributed by atoms with Gasteiger partial charge in [0.15, 0.2) is 6.10 Å². The summed E-state index contributed by atoms with van der Waals surface area (Å²) in [5, 5.41) is 0. The van der Waals surface area contributed by atoms with Gasteiger partial charge < -0.3 is 14.2 Å². The molecule has 1 atom stereocenters. The van der Waals surface area contributed by atoms with Crippen molar-refractivity contribution >= 4 is 17.9 Å². The topological polar surface area (TPSA) is 78.9 Å². The standard InChI is InChI=1S/C62H108O6/c1-4-7-10-13-16-19-22-25-28-31-34-37-40-43-46-49-52-55-61(64)67-58-59(57-66-60(63)54-51-48-45-42-39-36-33-30-27-24-21-18-15-12-9-6-3)68-62(65)56-53-50-47-44-41-38-35-32-29-26-23-20-17-14-11-8-5-2/h16-17,19-20,25-26,28-29,34,37,43,46,59H,4-15,18,21-24,27,30-33,35-36,38-42,44-45,47-58H2,1-3H3/b19-16-,20-17-,28-25-,29-26-,37-34-,46-43-/t59-/m1/s1. The largest absolute Gasteiger partial charge is 0.462 e. The summed E-state index contributed by atoms with van der Waals surface area (Å²) in [6.07, 6.45) is 71.8. The lowest BCUT2D eigenvalue weighted by molar-refractivity contribution is -0.167. The van der Waals surface area contributed by atoms with Crippen LogP contribution in [0.5, 0.6) is 0 Å². The third kappa shape index (κ3) is 53.8. The number of carbonyl (C=O) groups excluding carboxylic acids is 3. The van der Waals surface area contributed by atoms with Crippen LogP contribution in [0.1, 0.15) is 284 Å². The Morgan fingerprint density at radius 3 is 0.912 bits per heavy atom. The lowest BCUT2D eigenvalue weighted by Gasteiger charge is -2.18. The molecule has 392 valence electrons. The summed E-state index contributed by atoms with van der Waals surface area (Å²) in [7, 11) is 0. The molecule has 68 heavy (non-hydrogen) atoms. The average Bonchev–Trinajstić information content (AvgIpc) is 3.34. The van der Waals surface area contributed by atoms with Crippen molar-refractivity contribution in [3.63, 3.8) is 0 Å². The number of unbranched alkanes of at least 4 members (excludes halogenated alkanes) is 29. The number of allylic oxidation sites excluding steroid dienone is 12. The van der Waals surface area contributed by atoms with Gasteiger partial charge in [-0.15, -0.1) is 0 Å². The Kier molecular flexibility index (Phi) is 53.8. The van der Waals surface area contributed by atoms with Crippen LogP contribution in [-0.2, 0) is 28.6 Å². The summed E-state index contributed by atoms with van der Waals surface area (Å²) in [6.45, 7) is 6.56. The number of hydrogen-bond acceptors (Lipinski definition) is 6. The van der Waals surface area contributed by atoms with Gasteiger partial charge in [0.1, 0.15) is 13.2 Å². The van der Waals surface area contributed by atoms with Crippen molar-refractivity contribution in [3.05, 3.63) is 72.9 Å². The van der Waals surface area contributed by atoms with Gasteiger partial charge in [-0.2, -0.15) is 0 Å². The molecule has 0 N–H and O–H groups in total. The Bertz CT molecular complexity index is 1270. The first kappa shape index (κ1) is 64.8. The molecule has 0 unspecified atom stereocenters. The van der Waals surface area contributed by atoms with Crippen molar-refractivity contribution in [2.75, 3.05) is 13.2 Å². The Labute approximate surface area is 421 Å². The minimum atomic E-state index is -0.800. The van der Waals surface area contributed by atoms with Gasteiger partial charge in [-0.05, 0) is 89.9 Å². The molecule has 0 aromatic rings. The Morgan fingerprint density at radius 1 is 0.294 bits per heavy atom. The molecule has 0 aliphatic heterocycles. The zero-order valence-corrected chi connectivity index (χ0v) is 44.9. The van der Waals surface area contributed by atoms with E-state index in [1.54, 1.807) is 0 Å². The van der Waals surface area contributed by atoms with E-state index in [2.05, 4.69) is 93.7 Å². The van der Waals surface area contributed by atoms with Crippen molar-refractivity contribution < 1.29 is 28.6 Å². The Morgan fingerprint density at radius 2 is 0.544 bits per heavy atom. The number of carbonyl (C=O) groups is 3. The average molecular weight is 950 g/mol. The van der Waals surface area contributed by atoms with Crippen molar-refractivity contribution in [3.8, 4) is 0 Å². The summed E-state index contributed by atoms with van der Waals surface area (Å²) in [5.41, 5.74) is 0. The lowest BCUT2D eigenvalue weighted by atomic mass is 10.0. The van der Waals surface area contributed by atoms with Gasteiger partial charge in [-0.1, -0.05) is 248 Å². The summed E-state index contributed by atoms with van der Waals surface area (Å²) >= 11 is 0. The van der Waals surface area contributed by atoms with E-state index in [4.69, 9.17) is 14.2 Å². The SMILES string of the molecule is CCCCC/C=C\C/C=C\C/C=C\C/C=C\CCCC(=O)OC[C@@H](COC(=O)CCCCCCCCCCCCCCCCCC)OC(=O)CCCCCCCCC/C=C\C/C=C\CCCCC. The molecular formula is C62H108O6. The Balaban J connectivity index is 4.46. The highest BCUT2D eigenvalue weighted by atomic mass is 16.6. The molecule has 0 saturated carbocycles. The summed E-state index contributed by atoms with van der Waals surface area (Å²) < 4.78 is 16.8. The van der Waals surface area contributed by atoms with Gasteiger partial charge in [0, 0.05) is 19.3 Å². The second-order valence-electron chi connectivity index (χ2n) is 19.2. The molecule has 0 aliphatic rings. The van der Waals surface area contributed by atoms with E-state index in [9.17, 15) is 14.4 Å². The molecule has 0 aromatic carbocycles. The van der Waals surface area contributed by atoms with Crippen molar-refractivity contribution in [2.45, 2.75) is 290 Å². The van der Waals surface area contributed by atoms with Crippen LogP contribution < -0.4 is 0 Å². The van der Waals surface area contributed by atoms with E-state index in [1.807, 2.05) is 0 Å². The quantitative estimate of drug-likeness (QED) is 0.0262. The van der Waals surface area contributed by atoms with Crippen molar-refractivity contribution in [1.29, 1.82) is 0 Å². The second kappa shape index (κ2) is 56.4. The maximum absolute atomic E-state index is 12.9. The molecule has 0 bridgehead atoms. The van der Waals surface area contributed by atoms with E-state index in [0.717, 1.165) is 77.0 Å². The van der Waals surface area contributed by atoms with E-state index >= 15 is 0 Å². The van der Waals surface area contributed by atoms with Gasteiger partial charge in [-0.25, -0.2) is 0 Å². The van der Waals surface area contributed by atoms with E-state index in [0.29, 0.717) is 19.3 Å². The third-order valence-electron chi connectivity index (χ3n) is 12.4. The van der Waals surface area contributed by atoms with Crippen LogP contribution in [0.2, 0.25) is 0 Å². The smallest absolute Gasteiger partial charge is 0.306 e. The predicted octanol–water partition coefficient (Wildman–Crippen LogP) is 19.4. The monoisotopic (exact) mass is 949 g/mol. The fourth-order valence-corrected chi connectivity index (χ4v) is 8.05. The molecule has 0 spiro atoms. The van der Waals surface area contributed by atoms with Gasteiger partial charge in [-0.3, -0.25) is 14.4 Å². The van der Waals surface area contributed by atoms with Crippen LogP contribution >= 0.6 is 0 Å². The molecule has 6 nitrogen and oxygen atoms in total. The van der Waals surface area contributed by atoms with Gasteiger partial charge in [0.2, 0.25) is 0 Å². The molecule has 6 heteroatoms. The van der Waals surface area contributed by atoms with Gasteiger partial charge in [0.05, 0.1) is 0 Å². The fraction of sp³-hybridized carbons (Fsp3) is 0.758. The number of ether oxygens (including phenoxy) is 3. The minimum absolute atomic E-state index is 0.0934. The first-order valence-corrected chi connectivity index (χ1v) is 28.9. The molecule has 0 aliphatic carbocycles. The molecule has 0 amide bonds. The summed E-state index contributed by atoms with van der Waals surface area (Å²) in [6, 6.07) is 0. The van der Waals surface area contributed by atoms with E-state index < -0.39 is 6.10 Å². The zero-order valence-electron chi connectivity index (χ0n) is 44.9. The second-order valence-corrected chi connectivity index (χ2v) is 19.2. The Hall–Kier alpha value is -3.15. The fourth-order valence-electron chi connectivity index (χ4n) is 8.05. The van der Waals surface area contributed by atoms with Crippen molar-refractivity contribution in [2.24, 2.45) is 0 Å². The maximum atomic E-state index is 12.9. The van der Waals surface area contributed by atoms with Crippen LogP contribution in [-0.4, -0.2) is 37.2 Å². The first-order valence-electron chi connectivity index (χ1n) is 28.9. The minimum Gasteiger partial charge on any atom is -0.462 e. The zero-order chi connectivity index (χ0) is 49.3. The summed E-state index contributed by atoms with van der Waals surface area (Å²) in [5.74, 6) is -0.950. The van der Waals surface area contributed by atoms with E-state index in [1.165, 1.54) is 161 Å². The molecular weight excluding hydrogens is 841 g/mol. The lowest BCUT2D eigenvalue weighted by Crippen LogP contribution is -2.30. The molecule has 0 fully saturated rings. The van der Waals surface area contributed by atoms with Crippen LogP contribution in [0.25, 0.3) is 0 Å². The number of rotatable bonds is 52. The number of hydrogen-bond donors (Lipinski definition) is 0. The highest BCUT2D eigenvalue weighted by Crippen LogP contribution is 2.16. The summed E-state index contributed by atoms with van der Waals surface area (Å²) in [4.78, 5) is 38.1. The van der Waals surface area contributed by atoms with Crippen LogP contribution in [0.3, 0.4) is 0 Å². The molecule has 0 rings (SSSR count). The van der Waals surface area contributed by atoms with Crippen LogP contribution in [0, 0.1) is 0 Å². The number of esters is 3. The molecule has 0 saturated heterocycles. The highest BCUT2D eigenvalue weighted by Gasteiger charge is 2.19. The van der Waals surface area contributed by atoms with Crippen LogP contribution in [0.15, 0.2) is 72.9 Å². The molecule has 0 radical (unpaired) electrons. The third-order valence-corrected chi connectivity index (χ3v) is 12.4. The predicted molar refractivity (Wildman–Crippen MR) is 293 cm³/mol. The van der Waals surface area contributed by atoms with Crippen LogP contribution in [0.4, 0.5) is 0 Å². The normalized spacial score (nSPS) is 12.6. The van der Waals surface area contributed by atoms with E-state index in [-0.39, 0.29) is 37.5 Å². The first-order chi connectivity index (χ1) is 33.5. The highest BCUT2D eigenvalue weighted by molar-refractivity contribution is 5.71. The van der Waals surface area contributed by atoms with Gasteiger partial charge in [0.25, 0.3) is 0 Å². The molecule has 0 heterocycles.